The third-order valence-corrected chi connectivity index (χ3v) is 7.83. The Morgan fingerprint density at radius 3 is 2.03 bits per heavy atom. The second kappa shape index (κ2) is 8.12. The van der Waals surface area contributed by atoms with Crippen molar-refractivity contribution in [3.05, 3.63) is 23.8 Å². The molecule has 29 heavy (non-hydrogen) atoms. The molecule has 0 aliphatic heterocycles. The maximum atomic E-state index is 5.81. The van der Waals surface area contributed by atoms with Gasteiger partial charge in [0.25, 0.3) is 0 Å². The molecule has 4 nitrogen and oxygen atoms in total. The first-order valence-corrected chi connectivity index (χ1v) is 10.8. The second-order valence-electron chi connectivity index (χ2n) is 9.68. The Hall–Kier alpha value is -1.84. The van der Waals surface area contributed by atoms with Crippen molar-refractivity contribution in [3.8, 4) is 23.0 Å². The summed E-state index contributed by atoms with van der Waals surface area (Å²) in [5, 5.41) is 0. The van der Waals surface area contributed by atoms with Gasteiger partial charge in [-0.25, -0.2) is 0 Å². The van der Waals surface area contributed by atoms with Gasteiger partial charge in [-0.2, -0.15) is 0 Å². The first kappa shape index (κ1) is 21.9. The number of allylic oxidation sites excluding steroid dienone is 1. The van der Waals surface area contributed by atoms with E-state index in [4.69, 9.17) is 18.9 Å². The number of fused-ring (bicyclic) bond motifs is 1. The molecule has 2 saturated carbocycles. The summed E-state index contributed by atoms with van der Waals surface area (Å²) in [6.07, 6.45) is 7.00. The van der Waals surface area contributed by atoms with Crippen LogP contribution in [0.3, 0.4) is 0 Å². The van der Waals surface area contributed by atoms with Crippen molar-refractivity contribution in [2.24, 2.45) is 22.7 Å². The molecule has 1 aromatic carbocycles. The minimum absolute atomic E-state index is 0.226. The molecule has 0 spiro atoms. The van der Waals surface area contributed by atoms with Crippen molar-refractivity contribution in [1.29, 1.82) is 0 Å². The van der Waals surface area contributed by atoms with E-state index in [0.717, 1.165) is 29.9 Å². The maximum absolute atomic E-state index is 5.81. The van der Waals surface area contributed by atoms with Crippen LogP contribution in [0.15, 0.2) is 18.2 Å². The van der Waals surface area contributed by atoms with E-state index in [9.17, 15) is 0 Å². The van der Waals surface area contributed by atoms with E-state index < -0.39 is 0 Å². The monoisotopic (exact) mass is 402 g/mol. The molecular weight excluding hydrogens is 364 g/mol. The Labute approximate surface area is 176 Å². The standard InChI is InChI=1S/C25H38O4/c1-16-10-11-21-24(2,3)12-9-13-25(21,4)18(16)14-17-22(28-7)19(26-5)15-20(27-6)23(17)29-8/h15,18,21H,1,9-14H2,2-8H3/t18-,21-,25+/m1/s1. The van der Waals surface area contributed by atoms with Gasteiger partial charge >= 0.3 is 0 Å². The lowest BCUT2D eigenvalue weighted by Gasteiger charge is -2.58. The van der Waals surface area contributed by atoms with Crippen LogP contribution in [-0.2, 0) is 6.42 Å². The molecule has 0 saturated heterocycles. The number of hydrogen-bond donors (Lipinski definition) is 0. The molecule has 2 fully saturated rings. The van der Waals surface area contributed by atoms with Gasteiger partial charge in [0, 0.05) is 11.6 Å². The zero-order valence-corrected chi connectivity index (χ0v) is 19.3. The van der Waals surface area contributed by atoms with Crippen LogP contribution in [0.1, 0.15) is 58.4 Å². The highest BCUT2D eigenvalue weighted by Crippen LogP contribution is 2.62. The van der Waals surface area contributed by atoms with Gasteiger partial charge in [0.2, 0.25) is 0 Å². The third kappa shape index (κ3) is 3.60. The van der Waals surface area contributed by atoms with Crippen LogP contribution in [0, 0.1) is 22.7 Å². The van der Waals surface area contributed by atoms with Crippen LogP contribution >= 0.6 is 0 Å². The van der Waals surface area contributed by atoms with E-state index in [1.807, 2.05) is 6.07 Å². The Balaban J connectivity index is 2.11. The van der Waals surface area contributed by atoms with Gasteiger partial charge in [-0.1, -0.05) is 39.3 Å². The van der Waals surface area contributed by atoms with E-state index in [-0.39, 0.29) is 5.41 Å². The fourth-order valence-corrected chi connectivity index (χ4v) is 6.44. The van der Waals surface area contributed by atoms with E-state index >= 15 is 0 Å². The van der Waals surface area contributed by atoms with Crippen LogP contribution in [-0.4, -0.2) is 28.4 Å². The van der Waals surface area contributed by atoms with Crippen LogP contribution in [0.4, 0.5) is 0 Å². The summed E-state index contributed by atoms with van der Waals surface area (Å²) in [7, 11) is 6.70. The van der Waals surface area contributed by atoms with Crippen molar-refractivity contribution in [2.75, 3.05) is 28.4 Å². The lowest BCUT2D eigenvalue weighted by molar-refractivity contribution is -0.0519. The molecule has 3 atom stereocenters. The van der Waals surface area contributed by atoms with Gasteiger partial charge < -0.3 is 18.9 Å². The number of hydrogen-bond acceptors (Lipinski definition) is 4. The highest BCUT2D eigenvalue weighted by molar-refractivity contribution is 5.61. The van der Waals surface area contributed by atoms with Crippen molar-refractivity contribution in [2.45, 2.75) is 59.3 Å². The molecular formula is C25H38O4. The molecule has 2 aliphatic carbocycles. The third-order valence-electron chi connectivity index (χ3n) is 7.83. The van der Waals surface area contributed by atoms with Gasteiger partial charge in [-0.3, -0.25) is 0 Å². The molecule has 0 unspecified atom stereocenters. The number of ether oxygens (including phenoxy) is 4. The summed E-state index contributed by atoms with van der Waals surface area (Å²) >= 11 is 0. The van der Waals surface area contributed by atoms with Gasteiger partial charge in [-0.15, -0.1) is 0 Å². The fourth-order valence-electron chi connectivity index (χ4n) is 6.44. The number of rotatable bonds is 6. The molecule has 4 heteroatoms. The van der Waals surface area contributed by atoms with E-state index in [2.05, 4.69) is 27.4 Å². The normalized spacial score (nSPS) is 28.4. The minimum atomic E-state index is 0.226. The minimum Gasteiger partial charge on any atom is -0.493 e. The molecule has 2 aliphatic rings. The molecule has 1 aromatic rings. The Morgan fingerprint density at radius 1 is 0.931 bits per heavy atom. The van der Waals surface area contributed by atoms with Gasteiger partial charge in [0.15, 0.2) is 23.0 Å². The largest absolute Gasteiger partial charge is 0.493 e. The first-order chi connectivity index (χ1) is 13.7. The Bertz CT molecular complexity index is 736. The topological polar surface area (TPSA) is 36.9 Å². The number of methoxy groups -OCH3 is 4. The Morgan fingerprint density at radius 2 is 1.52 bits per heavy atom. The van der Waals surface area contributed by atoms with E-state index in [1.165, 1.54) is 31.3 Å². The molecule has 0 radical (unpaired) electrons. The molecule has 0 heterocycles. The van der Waals surface area contributed by atoms with Crippen molar-refractivity contribution in [1.82, 2.24) is 0 Å². The van der Waals surface area contributed by atoms with Crippen molar-refractivity contribution < 1.29 is 18.9 Å². The summed E-state index contributed by atoms with van der Waals surface area (Å²) in [6, 6.07) is 1.84. The predicted octanol–water partition coefficient (Wildman–Crippen LogP) is 6.06. The molecule has 0 aromatic heterocycles. The highest BCUT2D eigenvalue weighted by Gasteiger charge is 2.53. The van der Waals surface area contributed by atoms with Crippen LogP contribution in [0.25, 0.3) is 0 Å². The average molecular weight is 403 g/mol. The molecule has 0 bridgehead atoms. The lowest BCUT2D eigenvalue weighted by atomic mass is 9.47. The zero-order valence-electron chi connectivity index (χ0n) is 19.3. The van der Waals surface area contributed by atoms with Crippen LogP contribution in [0.5, 0.6) is 23.0 Å². The summed E-state index contributed by atoms with van der Waals surface area (Å²) in [6.45, 7) is 11.9. The predicted molar refractivity (Wildman–Crippen MR) is 117 cm³/mol. The highest BCUT2D eigenvalue weighted by atomic mass is 16.5. The maximum Gasteiger partial charge on any atom is 0.167 e. The Kier molecular flexibility index (Phi) is 6.12. The molecule has 3 rings (SSSR count). The smallest absolute Gasteiger partial charge is 0.167 e. The average Bonchev–Trinajstić information content (AvgIpc) is 2.68. The van der Waals surface area contributed by atoms with E-state index in [0.29, 0.717) is 28.7 Å². The van der Waals surface area contributed by atoms with Gasteiger partial charge in [0.1, 0.15) is 0 Å². The molecule has 162 valence electrons. The summed E-state index contributed by atoms with van der Waals surface area (Å²) < 4.78 is 22.8. The van der Waals surface area contributed by atoms with Crippen LogP contribution in [0.2, 0.25) is 0 Å². The SMILES string of the molecule is C=C1CC[C@@H]2C(C)(C)CCC[C@@]2(C)[C@@H]1Cc1c(OC)c(OC)cc(OC)c1OC. The quantitative estimate of drug-likeness (QED) is 0.542. The van der Waals surface area contributed by atoms with Crippen molar-refractivity contribution in [3.63, 3.8) is 0 Å². The first-order valence-electron chi connectivity index (χ1n) is 10.8. The fraction of sp³-hybridized carbons (Fsp3) is 0.680. The van der Waals surface area contributed by atoms with Gasteiger partial charge in [0.05, 0.1) is 28.4 Å². The second-order valence-corrected chi connectivity index (χ2v) is 9.68. The summed E-state index contributed by atoms with van der Waals surface area (Å²) in [5.41, 5.74) is 2.96. The lowest BCUT2D eigenvalue weighted by Crippen LogP contribution is -2.50. The van der Waals surface area contributed by atoms with Gasteiger partial charge in [-0.05, 0) is 54.8 Å². The summed E-state index contributed by atoms with van der Waals surface area (Å²) in [4.78, 5) is 0. The summed E-state index contributed by atoms with van der Waals surface area (Å²) in [5.74, 6) is 3.89. The van der Waals surface area contributed by atoms with Crippen molar-refractivity contribution >= 4 is 0 Å². The van der Waals surface area contributed by atoms with Crippen LogP contribution < -0.4 is 18.9 Å². The zero-order chi connectivity index (χ0) is 21.4. The molecule has 0 amide bonds. The number of benzene rings is 1. The van der Waals surface area contributed by atoms with E-state index in [1.54, 1.807) is 28.4 Å². The molecule has 0 N–H and O–H groups in total.